The molecule has 3 aliphatic rings. The van der Waals surface area contributed by atoms with Crippen molar-refractivity contribution in [1.82, 2.24) is 9.21 Å². The lowest BCUT2D eigenvalue weighted by Gasteiger charge is -2.31. The smallest absolute Gasteiger partial charge is 0.243 e. The van der Waals surface area contributed by atoms with E-state index in [9.17, 15) is 8.42 Å². The van der Waals surface area contributed by atoms with Gasteiger partial charge in [0.1, 0.15) is 5.75 Å². The van der Waals surface area contributed by atoms with Crippen LogP contribution in [0.4, 0.5) is 0 Å². The molecule has 1 saturated heterocycles. The molecule has 1 aliphatic carbocycles. The molecule has 2 aromatic rings. The Morgan fingerprint density at radius 1 is 0.971 bits per heavy atom. The van der Waals surface area contributed by atoms with Crippen LogP contribution in [-0.4, -0.2) is 50.4 Å². The Morgan fingerprint density at radius 2 is 1.68 bits per heavy atom. The van der Waals surface area contributed by atoms with Gasteiger partial charge in [0, 0.05) is 31.9 Å². The van der Waals surface area contributed by atoms with Crippen LogP contribution in [0.2, 0.25) is 0 Å². The first-order valence-corrected chi connectivity index (χ1v) is 13.4. The van der Waals surface area contributed by atoms with E-state index < -0.39 is 10.0 Å². The number of sulfonamides is 1. The van der Waals surface area contributed by atoms with Crippen molar-refractivity contribution in [2.45, 2.75) is 30.6 Å². The number of benzene rings is 2. The Hall–Kier alpha value is -3.08. The van der Waals surface area contributed by atoms with Crippen molar-refractivity contribution < 1.29 is 13.2 Å². The number of ether oxygens (including phenoxy) is 1. The second kappa shape index (κ2) is 9.65. The molecule has 0 N–H and O–H groups in total. The molecule has 2 aliphatic heterocycles. The highest BCUT2D eigenvalue weighted by atomic mass is 32.2. The van der Waals surface area contributed by atoms with Crippen molar-refractivity contribution in [3.8, 4) is 11.8 Å². The third-order valence-corrected chi connectivity index (χ3v) is 8.97. The van der Waals surface area contributed by atoms with Crippen molar-refractivity contribution in [2.24, 2.45) is 5.92 Å². The number of rotatable bonds is 6. The molecule has 0 radical (unpaired) electrons. The second-order valence-corrected chi connectivity index (χ2v) is 11.1. The van der Waals surface area contributed by atoms with Crippen LogP contribution in [0.15, 0.2) is 71.3 Å². The SMILES string of the molecule is N#Cc1ccc(S(=O)(=O)N2CCC(COc3ccc4c(c3)CCN(C3=CC=C3)CC4)CC2)cc1. The maximum Gasteiger partial charge on any atom is 0.243 e. The predicted octanol–water partition coefficient (Wildman–Crippen LogP) is 3.89. The van der Waals surface area contributed by atoms with Crippen LogP contribution in [0.5, 0.6) is 5.75 Å². The van der Waals surface area contributed by atoms with Crippen LogP contribution in [0.1, 0.15) is 29.5 Å². The summed E-state index contributed by atoms with van der Waals surface area (Å²) in [5.41, 5.74) is 4.56. The fraction of sp³-hybridized carbons (Fsp3) is 0.370. The van der Waals surface area contributed by atoms with Gasteiger partial charge in [0.25, 0.3) is 0 Å². The van der Waals surface area contributed by atoms with E-state index in [-0.39, 0.29) is 4.90 Å². The molecule has 176 valence electrons. The van der Waals surface area contributed by atoms with Crippen LogP contribution in [0.3, 0.4) is 0 Å². The van der Waals surface area contributed by atoms with Gasteiger partial charge in [0.2, 0.25) is 10.0 Å². The fourth-order valence-corrected chi connectivity index (χ4v) is 6.29. The lowest BCUT2D eigenvalue weighted by atomic mass is 9.99. The van der Waals surface area contributed by atoms with E-state index >= 15 is 0 Å². The van der Waals surface area contributed by atoms with Crippen molar-refractivity contribution in [2.75, 3.05) is 32.8 Å². The summed E-state index contributed by atoms with van der Waals surface area (Å²) in [4.78, 5) is 2.69. The first-order valence-electron chi connectivity index (χ1n) is 11.9. The summed E-state index contributed by atoms with van der Waals surface area (Å²) >= 11 is 0. The summed E-state index contributed by atoms with van der Waals surface area (Å²) in [7, 11) is -3.53. The Kier molecular flexibility index (Phi) is 6.44. The summed E-state index contributed by atoms with van der Waals surface area (Å²) in [5, 5.41) is 8.93. The zero-order chi connectivity index (χ0) is 23.5. The molecule has 7 heteroatoms. The zero-order valence-electron chi connectivity index (χ0n) is 19.2. The minimum Gasteiger partial charge on any atom is -0.493 e. The molecule has 5 rings (SSSR count). The van der Waals surface area contributed by atoms with Gasteiger partial charge in [-0.3, -0.25) is 0 Å². The maximum atomic E-state index is 12.9. The van der Waals surface area contributed by atoms with E-state index in [4.69, 9.17) is 10.00 Å². The van der Waals surface area contributed by atoms with Crippen molar-refractivity contribution in [3.05, 3.63) is 83.1 Å². The Balaban J connectivity index is 1.13. The largest absolute Gasteiger partial charge is 0.493 e. The highest BCUT2D eigenvalue weighted by molar-refractivity contribution is 7.89. The summed E-state index contributed by atoms with van der Waals surface area (Å²) in [6.45, 7) is 3.65. The van der Waals surface area contributed by atoms with Crippen molar-refractivity contribution in [1.29, 1.82) is 5.26 Å². The summed E-state index contributed by atoms with van der Waals surface area (Å²) in [6.07, 6.45) is 10.1. The lowest BCUT2D eigenvalue weighted by molar-refractivity contribution is 0.185. The predicted molar refractivity (Wildman–Crippen MR) is 131 cm³/mol. The summed E-state index contributed by atoms with van der Waals surface area (Å²) < 4.78 is 33.6. The van der Waals surface area contributed by atoms with E-state index in [0.717, 1.165) is 44.5 Å². The molecule has 0 amide bonds. The van der Waals surface area contributed by atoms with Gasteiger partial charge >= 0.3 is 0 Å². The molecule has 2 heterocycles. The summed E-state index contributed by atoms with van der Waals surface area (Å²) in [5.74, 6) is 1.24. The molecule has 34 heavy (non-hydrogen) atoms. The number of nitrogens with zero attached hydrogens (tertiary/aromatic N) is 3. The maximum absolute atomic E-state index is 12.9. The third kappa shape index (κ3) is 4.75. The van der Waals surface area contributed by atoms with Crippen LogP contribution >= 0.6 is 0 Å². The Labute approximate surface area is 201 Å². The van der Waals surface area contributed by atoms with Gasteiger partial charge in [0.05, 0.1) is 23.1 Å². The van der Waals surface area contributed by atoms with Crippen LogP contribution in [0, 0.1) is 17.2 Å². The van der Waals surface area contributed by atoms with Gasteiger partial charge in [-0.1, -0.05) is 12.1 Å². The van der Waals surface area contributed by atoms with Crippen molar-refractivity contribution in [3.63, 3.8) is 0 Å². The minimum atomic E-state index is -3.53. The molecule has 2 aromatic carbocycles. The van der Waals surface area contributed by atoms with Gasteiger partial charge < -0.3 is 9.64 Å². The molecular formula is C27H29N3O3S. The quantitative estimate of drug-likeness (QED) is 0.634. The molecule has 0 bridgehead atoms. The highest BCUT2D eigenvalue weighted by Crippen LogP contribution is 2.27. The number of fused-ring (bicyclic) bond motifs is 1. The second-order valence-electron chi connectivity index (χ2n) is 9.16. The van der Waals surface area contributed by atoms with E-state index in [1.54, 1.807) is 16.4 Å². The number of allylic oxidation sites excluding steroid dienone is 3. The molecular weight excluding hydrogens is 446 g/mol. The van der Waals surface area contributed by atoms with Gasteiger partial charge in [-0.2, -0.15) is 9.57 Å². The molecule has 0 aromatic heterocycles. The lowest BCUT2D eigenvalue weighted by Crippen LogP contribution is -2.39. The Morgan fingerprint density at radius 3 is 2.32 bits per heavy atom. The molecule has 0 atom stereocenters. The van der Waals surface area contributed by atoms with Crippen LogP contribution < -0.4 is 4.74 Å². The minimum absolute atomic E-state index is 0.245. The normalized spacial score (nSPS) is 18.9. The van der Waals surface area contributed by atoms with Crippen molar-refractivity contribution >= 4 is 10.0 Å². The topological polar surface area (TPSA) is 73.6 Å². The average molecular weight is 476 g/mol. The number of hydrogen-bond acceptors (Lipinski definition) is 5. The van der Waals surface area contributed by atoms with Gasteiger partial charge in [-0.05, 0) is 91.3 Å². The van der Waals surface area contributed by atoms with Crippen LogP contribution in [-0.2, 0) is 22.9 Å². The standard InChI is InChI=1S/C27H29N3O3S/c28-19-21-4-8-27(9-5-21)34(31,32)30-16-10-22(11-17-30)20-33-26-7-6-23-12-14-29(25-2-1-3-25)15-13-24(23)18-26/h1-9,18,22H,10-17,20H2. The number of hydrogen-bond donors (Lipinski definition) is 0. The van der Waals surface area contributed by atoms with Gasteiger partial charge in [0.15, 0.2) is 0 Å². The molecule has 0 saturated carbocycles. The van der Waals surface area contributed by atoms with E-state index in [1.807, 2.05) is 6.07 Å². The number of nitriles is 1. The third-order valence-electron chi connectivity index (χ3n) is 7.06. The summed E-state index contributed by atoms with van der Waals surface area (Å²) in [6, 6.07) is 14.6. The van der Waals surface area contributed by atoms with Gasteiger partial charge in [-0.15, -0.1) is 0 Å². The molecule has 6 nitrogen and oxygen atoms in total. The first-order chi connectivity index (χ1) is 16.5. The Bertz CT molecular complexity index is 1250. The molecule has 1 fully saturated rings. The molecule has 0 unspecified atom stereocenters. The monoisotopic (exact) mass is 475 g/mol. The number of piperidine rings is 1. The first kappa shape index (κ1) is 22.7. The van der Waals surface area contributed by atoms with E-state index in [0.29, 0.717) is 31.2 Å². The van der Waals surface area contributed by atoms with E-state index in [2.05, 4.69) is 41.3 Å². The van der Waals surface area contributed by atoms with Crippen LogP contribution in [0.25, 0.3) is 0 Å². The zero-order valence-corrected chi connectivity index (χ0v) is 20.0. The van der Waals surface area contributed by atoms with Gasteiger partial charge in [-0.25, -0.2) is 8.42 Å². The highest BCUT2D eigenvalue weighted by Gasteiger charge is 2.29. The molecule has 0 spiro atoms. The fourth-order valence-electron chi connectivity index (χ4n) is 4.82. The van der Waals surface area contributed by atoms with E-state index in [1.165, 1.54) is 29.0 Å². The average Bonchev–Trinajstić information content (AvgIpc) is 3.04.